The average Bonchev–Trinajstić information content (AvgIpc) is 3.45. The fraction of sp³-hybridized carbons (Fsp3) is 0.463. The van der Waals surface area contributed by atoms with Crippen LogP contribution in [0.15, 0.2) is 41.3 Å². The van der Waals surface area contributed by atoms with Gasteiger partial charge in [0.1, 0.15) is 17.5 Å². The van der Waals surface area contributed by atoms with E-state index < -0.39 is 29.7 Å². The molecule has 1 aromatic heterocycles. The third-order valence-corrected chi connectivity index (χ3v) is 10.4. The van der Waals surface area contributed by atoms with Crippen molar-refractivity contribution >= 4 is 29.7 Å². The number of nitrogens with zero attached hydrogens (tertiary/aromatic N) is 4. The van der Waals surface area contributed by atoms with Gasteiger partial charge in [0.2, 0.25) is 11.8 Å². The van der Waals surface area contributed by atoms with E-state index in [0.717, 1.165) is 27.2 Å². The highest BCUT2D eigenvalue weighted by molar-refractivity contribution is 6.24. The number of aryl methyl sites for hydroxylation is 2. The fourth-order valence-corrected chi connectivity index (χ4v) is 7.66. The lowest BCUT2D eigenvalue weighted by Crippen LogP contribution is -2.54. The molecule has 1 unspecified atom stereocenters. The Kier molecular flexibility index (Phi) is 13.1. The van der Waals surface area contributed by atoms with Crippen molar-refractivity contribution in [1.29, 1.82) is 0 Å². The minimum atomic E-state index is -1.01. The van der Waals surface area contributed by atoms with Crippen LogP contribution in [0.5, 0.6) is 11.5 Å². The number of ether oxygens (including phenoxy) is 4. The lowest BCUT2D eigenvalue weighted by Gasteiger charge is -2.30. The largest absolute Gasteiger partial charge is 0.496 e. The summed E-state index contributed by atoms with van der Waals surface area (Å²) in [5.41, 5.74) is 5.27. The van der Waals surface area contributed by atoms with Crippen molar-refractivity contribution < 1.29 is 42.9 Å². The molecule has 3 aromatic rings. The van der Waals surface area contributed by atoms with E-state index >= 15 is 0 Å². The number of imide groups is 2. The molecule has 0 bridgehead atoms. The summed E-state index contributed by atoms with van der Waals surface area (Å²) in [4.78, 5) is 81.4. The topological polar surface area (TPSA) is 178 Å². The number of hydrogen-bond acceptors (Lipinski definition) is 11. The molecular weight excluding hydrogens is 736 g/mol. The van der Waals surface area contributed by atoms with E-state index in [9.17, 15) is 28.8 Å². The van der Waals surface area contributed by atoms with E-state index in [1.165, 1.54) is 0 Å². The highest BCUT2D eigenvalue weighted by atomic mass is 16.5. The molecule has 1 saturated heterocycles. The van der Waals surface area contributed by atoms with E-state index in [1.54, 1.807) is 48.9 Å². The third-order valence-electron chi connectivity index (χ3n) is 10.4. The molecule has 2 N–H and O–H groups in total. The zero-order chi connectivity index (χ0) is 40.8. The van der Waals surface area contributed by atoms with Crippen molar-refractivity contribution in [1.82, 2.24) is 29.9 Å². The predicted molar refractivity (Wildman–Crippen MR) is 208 cm³/mol. The quantitative estimate of drug-likeness (QED) is 0.161. The summed E-state index contributed by atoms with van der Waals surface area (Å²) in [6.07, 6.45) is 3.58. The van der Waals surface area contributed by atoms with Gasteiger partial charge in [0, 0.05) is 57.0 Å². The number of piperidine rings is 1. The Morgan fingerprint density at radius 2 is 1.63 bits per heavy atom. The van der Waals surface area contributed by atoms with Gasteiger partial charge in [-0.25, -0.2) is 4.79 Å². The second-order valence-corrected chi connectivity index (χ2v) is 14.5. The number of benzene rings is 2. The molecule has 57 heavy (non-hydrogen) atoms. The molecule has 1 atom stereocenters. The van der Waals surface area contributed by atoms with Crippen LogP contribution in [0.25, 0.3) is 11.1 Å². The number of aromatic nitrogens is 1. The molecule has 0 radical (unpaired) electrons. The Labute approximate surface area is 331 Å². The Bertz CT molecular complexity index is 2090. The van der Waals surface area contributed by atoms with Crippen LogP contribution in [0.3, 0.4) is 0 Å². The van der Waals surface area contributed by atoms with Crippen molar-refractivity contribution in [2.45, 2.75) is 51.2 Å². The van der Waals surface area contributed by atoms with Crippen molar-refractivity contribution in [3.63, 3.8) is 0 Å². The summed E-state index contributed by atoms with van der Waals surface area (Å²) in [5.74, 6) is -0.726. The van der Waals surface area contributed by atoms with Crippen molar-refractivity contribution in [3.8, 4) is 22.6 Å². The maximum Gasteiger partial charge on any atom is 0.317 e. The average molecular weight is 787 g/mol. The summed E-state index contributed by atoms with van der Waals surface area (Å²) >= 11 is 0. The van der Waals surface area contributed by atoms with Gasteiger partial charge in [-0.15, -0.1) is 0 Å². The zero-order valence-electron chi connectivity index (χ0n) is 33.1. The van der Waals surface area contributed by atoms with Crippen molar-refractivity contribution in [2.24, 2.45) is 7.05 Å². The number of carbonyl (C=O) groups excluding carboxylic acids is 5. The number of hydrogen-bond donors (Lipinski definition) is 2. The van der Waals surface area contributed by atoms with Crippen LogP contribution >= 0.6 is 0 Å². The van der Waals surface area contributed by atoms with Gasteiger partial charge in [-0.1, -0.05) is 12.1 Å². The van der Waals surface area contributed by atoms with Gasteiger partial charge in [-0.2, -0.15) is 0 Å². The standard InChI is InChI=1S/C41H50N6O10/c1-44(2)22-31-33(54-4)20-26(21-34(31)55-5)29-23-45(3)38(50)30-24-46(15-13-27(29)30)41(53)42-14-17-57-19-18-56-16-7-9-25-8-6-10-28-36(25)40(52)47(39(28)51)32-11-12-35(48)43-37(32)49/h6,8,10,20-21,23,32H,7,9,11-19,22,24H2,1-5H3,(H,42,53)(H,43,48,49). The summed E-state index contributed by atoms with van der Waals surface area (Å²) in [6.45, 7) is 2.83. The first-order valence-corrected chi connectivity index (χ1v) is 19.1. The number of nitrogens with one attached hydrogen (secondary N) is 2. The van der Waals surface area contributed by atoms with Crippen LogP contribution in [0.4, 0.5) is 4.79 Å². The number of urea groups is 1. The number of methoxy groups -OCH3 is 2. The van der Waals surface area contributed by atoms with Gasteiger partial charge in [0.05, 0.1) is 57.3 Å². The molecule has 0 aliphatic carbocycles. The van der Waals surface area contributed by atoms with Crippen molar-refractivity contribution in [2.75, 3.05) is 67.8 Å². The molecule has 6 rings (SSSR count). The van der Waals surface area contributed by atoms with Crippen molar-refractivity contribution in [3.05, 3.63) is 80.3 Å². The first-order chi connectivity index (χ1) is 27.4. The first-order valence-electron chi connectivity index (χ1n) is 19.1. The molecule has 6 amide bonds. The van der Waals surface area contributed by atoms with Gasteiger partial charge in [-0.05, 0) is 74.7 Å². The predicted octanol–water partition coefficient (Wildman–Crippen LogP) is 2.27. The van der Waals surface area contributed by atoms with E-state index in [0.29, 0.717) is 80.4 Å². The lowest BCUT2D eigenvalue weighted by atomic mass is 9.91. The number of carbonyl (C=O) groups is 5. The van der Waals surface area contributed by atoms with Crippen LogP contribution in [0.1, 0.15) is 62.2 Å². The Balaban J connectivity index is 0.933. The van der Waals surface area contributed by atoms with E-state index in [4.69, 9.17) is 18.9 Å². The molecule has 3 aliphatic rings. The van der Waals surface area contributed by atoms with Gasteiger partial charge < -0.3 is 38.6 Å². The number of amides is 6. The number of rotatable bonds is 16. The molecule has 4 heterocycles. The second kappa shape index (κ2) is 18.1. The van der Waals surface area contributed by atoms with Gasteiger partial charge in [-0.3, -0.25) is 34.2 Å². The molecule has 0 spiro atoms. The zero-order valence-corrected chi connectivity index (χ0v) is 33.1. The Morgan fingerprint density at radius 1 is 0.912 bits per heavy atom. The smallest absolute Gasteiger partial charge is 0.317 e. The van der Waals surface area contributed by atoms with E-state index in [2.05, 4.69) is 10.6 Å². The van der Waals surface area contributed by atoms with Crippen LogP contribution in [-0.4, -0.2) is 123 Å². The molecule has 304 valence electrons. The minimum Gasteiger partial charge on any atom is -0.496 e. The molecule has 16 heteroatoms. The monoisotopic (exact) mass is 786 g/mol. The Hall–Kier alpha value is -5.58. The molecule has 0 saturated carbocycles. The van der Waals surface area contributed by atoms with E-state index in [-0.39, 0.29) is 49.7 Å². The molecule has 3 aliphatic heterocycles. The highest BCUT2D eigenvalue weighted by Gasteiger charge is 2.45. The summed E-state index contributed by atoms with van der Waals surface area (Å²) in [6, 6.07) is 7.73. The van der Waals surface area contributed by atoms with Crippen LogP contribution in [0, 0.1) is 0 Å². The molecule has 16 nitrogen and oxygen atoms in total. The molecule has 1 fully saturated rings. The summed E-state index contributed by atoms with van der Waals surface area (Å²) in [7, 11) is 8.92. The fourth-order valence-electron chi connectivity index (χ4n) is 7.66. The van der Waals surface area contributed by atoms with Crippen LogP contribution in [0.2, 0.25) is 0 Å². The summed E-state index contributed by atoms with van der Waals surface area (Å²) < 4.78 is 24.4. The molecular formula is C41H50N6O10. The maximum absolute atomic E-state index is 13.3. The molecule has 2 aromatic carbocycles. The first kappa shape index (κ1) is 41.1. The lowest BCUT2D eigenvalue weighted by molar-refractivity contribution is -0.136. The normalized spacial score (nSPS) is 16.5. The Morgan fingerprint density at radius 3 is 2.32 bits per heavy atom. The summed E-state index contributed by atoms with van der Waals surface area (Å²) in [5, 5.41) is 5.09. The van der Waals surface area contributed by atoms with E-state index in [1.807, 2.05) is 37.3 Å². The third kappa shape index (κ3) is 8.87. The van der Waals surface area contributed by atoms with Gasteiger partial charge in [0.15, 0.2) is 0 Å². The minimum absolute atomic E-state index is 0.0627. The second-order valence-electron chi connectivity index (χ2n) is 14.5. The van der Waals surface area contributed by atoms with Crippen LogP contribution in [-0.2, 0) is 52.0 Å². The SMILES string of the molecule is COc1cc(-c2cn(C)c(=O)c3c2CCN(C(=O)NCCOCCOCCCc2cccc4c2C(=O)N(C2CCC(=O)NC2=O)C4=O)C3)cc(OC)c1CN(C)C. The number of fused-ring (bicyclic) bond motifs is 2. The maximum atomic E-state index is 13.3. The number of pyridine rings is 1. The van der Waals surface area contributed by atoms with Gasteiger partial charge >= 0.3 is 6.03 Å². The van der Waals surface area contributed by atoms with Gasteiger partial charge in [0.25, 0.3) is 17.4 Å². The highest BCUT2D eigenvalue weighted by Crippen LogP contribution is 2.38. The van der Waals surface area contributed by atoms with Crippen LogP contribution < -0.4 is 25.7 Å².